The van der Waals surface area contributed by atoms with Crippen molar-refractivity contribution in [2.24, 2.45) is 0 Å². The molecule has 0 saturated heterocycles. The molecule has 0 aromatic heterocycles. The molecular formula is C14H23NO. The fraction of sp³-hybridized carbons (Fsp3) is 0.571. The topological polar surface area (TPSA) is 21.3 Å². The first-order chi connectivity index (χ1) is 7.77. The quantitative estimate of drug-likeness (QED) is 0.764. The summed E-state index contributed by atoms with van der Waals surface area (Å²) in [4.78, 5) is 0. The van der Waals surface area contributed by atoms with Crippen molar-refractivity contribution < 1.29 is 4.74 Å². The number of nitrogens with one attached hydrogen (secondary N) is 1. The van der Waals surface area contributed by atoms with Crippen molar-refractivity contribution in [1.29, 1.82) is 0 Å². The Morgan fingerprint density at radius 2 is 2.12 bits per heavy atom. The standard InChI is InChI=1S/C14H23NO/c1-4-9-16-14(11-15-5-2)13-8-6-7-12(3)10-13/h6-8,10,14-15H,4-5,9,11H2,1-3H3. The number of likely N-dealkylation sites (N-methyl/N-ethyl adjacent to an activating group) is 1. The van der Waals surface area contributed by atoms with E-state index < -0.39 is 0 Å². The van der Waals surface area contributed by atoms with Crippen molar-refractivity contribution in [3.05, 3.63) is 35.4 Å². The van der Waals surface area contributed by atoms with E-state index in [-0.39, 0.29) is 6.10 Å². The smallest absolute Gasteiger partial charge is 0.0949 e. The molecule has 0 aliphatic rings. The van der Waals surface area contributed by atoms with Crippen molar-refractivity contribution in [1.82, 2.24) is 5.32 Å². The van der Waals surface area contributed by atoms with Gasteiger partial charge in [0.25, 0.3) is 0 Å². The Morgan fingerprint density at radius 1 is 1.31 bits per heavy atom. The molecule has 0 radical (unpaired) electrons. The maximum atomic E-state index is 5.87. The summed E-state index contributed by atoms with van der Waals surface area (Å²) in [7, 11) is 0. The Morgan fingerprint density at radius 3 is 2.75 bits per heavy atom. The summed E-state index contributed by atoms with van der Waals surface area (Å²) in [6.45, 7) is 9.07. The highest BCUT2D eigenvalue weighted by molar-refractivity contribution is 5.24. The van der Waals surface area contributed by atoms with Gasteiger partial charge in [-0.1, -0.05) is 43.7 Å². The van der Waals surface area contributed by atoms with Gasteiger partial charge in [-0.05, 0) is 25.5 Å². The van der Waals surface area contributed by atoms with Gasteiger partial charge in [0.2, 0.25) is 0 Å². The Balaban J connectivity index is 2.66. The number of ether oxygens (including phenoxy) is 1. The van der Waals surface area contributed by atoms with Crippen LogP contribution >= 0.6 is 0 Å². The van der Waals surface area contributed by atoms with E-state index in [1.54, 1.807) is 0 Å². The molecule has 90 valence electrons. The molecule has 0 spiro atoms. The number of aryl methyl sites for hydroxylation is 1. The first kappa shape index (κ1) is 13.2. The van der Waals surface area contributed by atoms with Crippen LogP contribution in [0.1, 0.15) is 37.5 Å². The molecule has 1 rings (SSSR count). The van der Waals surface area contributed by atoms with Crippen molar-refractivity contribution in [2.75, 3.05) is 19.7 Å². The van der Waals surface area contributed by atoms with Gasteiger partial charge in [0, 0.05) is 13.2 Å². The molecular weight excluding hydrogens is 198 g/mol. The molecule has 1 aromatic carbocycles. The maximum Gasteiger partial charge on any atom is 0.0949 e. The van der Waals surface area contributed by atoms with Crippen LogP contribution in [0.4, 0.5) is 0 Å². The normalized spacial score (nSPS) is 12.7. The lowest BCUT2D eigenvalue weighted by Crippen LogP contribution is -2.23. The fourth-order valence-corrected chi connectivity index (χ4v) is 1.68. The molecule has 0 aliphatic carbocycles. The van der Waals surface area contributed by atoms with E-state index in [0.717, 1.165) is 26.1 Å². The second-order valence-corrected chi connectivity index (χ2v) is 4.08. The largest absolute Gasteiger partial charge is 0.372 e. The minimum absolute atomic E-state index is 0.180. The minimum Gasteiger partial charge on any atom is -0.372 e. The van der Waals surface area contributed by atoms with Crippen LogP contribution in [0.5, 0.6) is 0 Å². The van der Waals surface area contributed by atoms with E-state index in [0.29, 0.717) is 0 Å². The van der Waals surface area contributed by atoms with Crippen LogP contribution in [0.3, 0.4) is 0 Å². The number of hydrogen-bond acceptors (Lipinski definition) is 2. The summed E-state index contributed by atoms with van der Waals surface area (Å²) in [5.41, 5.74) is 2.56. The van der Waals surface area contributed by atoms with Crippen LogP contribution in [-0.2, 0) is 4.74 Å². The highest BCUT2D eigenvalue weighted by Gasteiger charge is 2.10. The zero-order chi connectivity index (χ0) is 11.8. The molecule has 0 aliphatic heterocycles. The predicted molar refractivity (Wildman–Crippen MR) is 68.7 cm³/mol. The van der Waals surface area contributed by atoms with Gasteiger partial charge >= 0.3 is 0 Å². The van der Waals surface area contributed by atoms with Crippen LogP contribution in [0.25, 0.3) is 0 Å². The lowest BCUT2D eigenvalue weighted by Gasteiger charge is -2.18. The van der Waals surface area contributed by atoms with Crippen molar-refractivity contribution in [3.8, 4) is 0 Å². The molecule has 16 heavy (non-hydrogen) atoms. The fourth-order valence-electron chi connectivity index (χ4n) is 1.68. The van der Waals surface area contributed by atoms with Gasteiger partial charge in [0.1, 0.15) is 0 Å². The van der Waals surface area contributed by atoms with Gasteiger partial charge in [-0.2, -0.15) is 0 Å². The predicted octanol–water partition coefficient (Wildman–Crippen LogP) is 3.07. The third-order valence-corrected chi connectivity index (χ3v) is 2.52. The van der Waals surface area contributed by atoms with E-state index in [4.69, 9.17) is 4.74 Å². The molecule has 1 aromatic rings. The Labute approximate surface area is 99.0 Å². The Bertz CT molecular complexity index is 291. The van der Waals surface area contributed by atoms with E-state index >= 15 is 0 Å². The second-order valence-electron chi connectivity index (χ2n) is 4.08. The van der Waals surface area contributed by atoms with E-state index in [2.05, 4.69) is 50.4 Å². The summed E-state index contributed by atoms with van der Waals surface area (Å²) in [6.07, 6.45) is 1.24. The van der Waals surface area contributed by atoms with E-state index in [1.165, 1.54) is 11.1 Å². The summed E-state index contributed by atoms with van der Waals surface area (Å²) >= 11 is 0. The van der Waals surface area contributed by atoms with Crippen LogP contribution < -0.4 is 5.32 Å². The van der Waals surface area contributed by atoms with Gasteiger partial charge in [0.05, 0.1) is 6.10 Å². The highest BCUT2D eigenvalue weighted by Crippen LogP contribution is 2.18. The minimum atomic E-state index is 0.180. The van der Waals surface area contributed by atoms with Crippen LogP contribution in [-0.4, -0.2) is 19.7 Å². The summed E-state index contributed by atoms with van der Waals surface area (Å²) in [5.74, 6) is 0. The molecule has 0 saturated carbocycles. The summed E-state index contributed by atoms with van der Waals surface area (Å²) in [5, 5.41) is 3.35. The number of hydrogen-bond donors (Lipinski definition) is 1. The molecule has 2 heteroatoms. The molecule has 1 unspecified atom stereocenters. The number of benzene rings is 1. The molecule has 0 heterocycles. The monoisotopic (exact) mass is 221 g/mol. The zero-order valence-electron chi connectivity index (χ0n) is 10.6. The SMILES string of the molecule is CCCOC(CNCC)c1cccc(C)c1. The Kier molecular flexibility index (Phi) is 6.12. The van der Waals surface area contributed by atoms with Crippen LogP contribution in [0.15, 0.2) is 24.3 Å². The first-order valence-corrected chi connectivity index (χ1v) is 6.16. The third kappa shape index (κ3) is 4.33. The van der Waals surface area contributed by atoms with Gasteiger partial charge in [-0.15, -0.1) is 0 Å². The molecule has 2 nitrogen and oxygen atoms in total. The van der Waals surface area contributed by atoms with Crippen LogP contribution in [0.2, 0.25) is 0 Å². The average molecular weight is 221 g/mol. The van der Waals surface area contributed by atoms with Crippen molar-refractivity contribution in [2.45, 2.75) is 33.3 Å². The van der Waals surface area contributed by atoms with Gasteiger partial charge in [-0.25, -0.2) is 0 Å². The van der Waals surface area contributed by atoms with Gasteiger partial charge < -0.3 is 10.1 Å². The van der Waals surface area contributed by atoms with Gasteiger partial charge in [0.15, 0.2) is 0 Å². The molecule has 1 atom stereocenters. The molecule has 1 N–H and O–H groups in total. The average Bonchev–Trinajstić information content (AvgIpc) is 2.29. The molecule has 0 amide bonds. The second kappa shape index (κ2) is 7.42. The first-order valence-electron chi connectivity index (χ1n) is 6.16. The lowest BCUT2D eigenvalue weighted by atomic mass is 10.1. The number of rotatable bonds is 7. The van der Waals surface area contributed by atoms with Crippen molar-refractivity contribution in [3.63, 3.8) is 0 Å². The lowest BCUT2D eigenvalue weighted by molar-refractivity contribution is 0.0533. The highest BCUT2D eigenvalue weighted by atomic mass is 16.5. The van der Waals surface area contributed by atoms with E-state index in [9.17, 15) is 0 Å². The molecule has 0 fully saturated rings. The zero-order valence-corrected chi connectivity index (χ0v) is 10.6. The third-order valence-electron chi connectivity index (χ3n) is 2.52. The van der Waals surface area contributed by atoms with E-state index in [1.807, 2.05) is 0 Å². The van der Waals surface area contributed by atoms with Gasteiger partial charge in [-0.3, -0.25) is 0 Å². The van der Waals surface area contributed by atoms with Crippen molar-refractivity contribution >= 4 is 0 Å². The Hall–Kier alpha value is -0.860. The summed E-state index contributed by atoms with van der Waals surface area (Å²) in [6, 6.07) is 8.56. The summed E-state index contributed by atoms with van der Waals surface area (Å²) < 4.78 is 5.87. The maximum absolute atomic E-state index is 5.87. The van der Waals surface area contributed by atoms with Crippen LogP contribution in [0, 0.1) is 6.92 Å². The molecule has 0 bridgehead atoms.